The number of nitrogens with one attached hydrogen (secondary N) is 2. The summed E-state index contributed by atoms with van der Waals surface area (Å²) in [7, 11) is 0. The van der Waals surface area contributed by atoms with Crippen molar-refractivity contribution in [1.82, 2.24) is 10.6 Å². The number of aliphatic hydroxyl groups excluding tert-OH is 1. The minimum Gasteiger partial charge on any atom is -0.396 e. The molecule has 0 radical (unpaired) electrons. The lowest BCUT2D eigenvalue weighted by Crippen LogP contribution is -2.44. The molecular weight excluding hydrogens is 208 g/mol. The lowest BCUT2D eigenvalue weighted by Gasteiger charge is -2.24. The molecule has 0 aromatic carbocycles. The second-order valence-electron chi connectivity index (χ2n) is 4.76. The molecular formula is C11H20N2OS. The number of thiocarbonyl (C=S) groups is 1. The van der Waals surface area contributed by atoms with E-state index in [0.29, 0.717) is 6.04 Å². The van der Waals surface area contributed by atoms with Gasteiger partial charge in [-0.05, 0) is 49.7 Å². The van der Waals surface area contributed by atoms with E-state index in [0.717, 1.165) is 29.9 Å². The number of rotatable bonds is 4. The van der Waals surface area contributed by atoms with Gasteiger partial charge in [0.15, 0.2) is 5.11 Å². The van der Waals surface area contributed by atoms with Crippen LogP contribution in [0, 0.1) is 11.8 Å². The van der Waals surface area contributed by atoms with Crippen LogP contribution in [0.25, 0.3) is 0 Å². The second-order valence-corrected chi connectivity index (χ2v) is 5.17. The van der Waals surface area contributed by atoms with Gasteiger partial charge in [0.05, 0.1) is 0 Å². The fourth-order valence-corrected chi connectivity index (χ4v) is 3.18. The summed E-state index contributed by atoms with van der Waals surface area (Å²) < 4.78 is 0. The first-order chi connectivity index (χ1) is 7.29. The van der Waals surface area contributed by atoms with Crippen molar-refractivity contribution in [2.75, 3.05) is 13.2 Å². The van der Waals surface area contributed by atoms with Gasteiger partial charge in [-0.2, -0.15) is 0 Å². The molecule has 15 heavy (non-hydrogen) atoms. The van der Waals surface area contributed by atoms with E-state index >= 15 is 0 Å². The highest BCUT2D eigenvalue weighted by atomic mass is 32.1. The van der Waals surface area contributed by atoms with E-state index in [2.05, 4.69) is 10.6 Å². The van der Waals surface area contributed by atoms with Crippen LogP contribution in [0.15, 0.2) is 0 Å². The van der Waals surface area contributed by atoms with Crippen molar-refractivity contribution >= 4 is 17.3 Å². The van der Waals surface area contributed by atoms with Crippen molar-refractivity contribution in [3.05, 3.63) is 0 Å². The van der Waals surface area contributed by atoms with Gasteiger partial charge in [0, 0.05) is 19.2 Å². The van der Waals surface area contributed by atoms with Crippen LogP contribution in [0.4, 0.5) is 0 Å². The molecule has 0 heterocycles. The summed E-state index contributed by atoms with van der Waals surface area (Å²) in [4.78, 5) is 0. The zero-order chi connectivity index (χ0) is 10.7. The Labute approximate surface area is 96.6 Å². The van der Waals surface area contributed by atoms with Gasteiger partial charge in [0.1, 0.15) is 0 Å². The highest BCUT2D eigenvalue weighted by Gasteiger charge is 2.39. The summed E-state index contributed by atoms with van der Waals surface area (Å²) in [6.07, 6.45) is 6.26. The van der Waals surface area contributed by atoms with Gasteiger partial charge >= 0.3 is 0 Å². The average molecular weight is 228 g/mol. The molecule has 0 spiro atoms. The van der Waals surface area contributed by atoms with Crippen LogP contribution < -0.4 is 10.6 Å². The van der Waals surface area contributed by atoms with Gasteiger partial charge in [-0.1, -0.05) is 6.42 Å². The summed E-state index contributed by atoms with van der Waals surface area (Å²) in [6, 6.07) is 0.609. The molecule has 3 atom stereocenters. The van der Waals surface area contributed by atoms with E-state index < -0.39 is 0 Å². The molecule has 86 valence electrons. The zero-order valence-electron chi connectivity index (χ0n) is 9.04. The Morgan fingerprint density at radius 3 is 2.80 bits per heavy atom. The van der Waals surface area contributed by atoms with Gasteiger partial charge < -0.3 is 15.7 Å². The third kappa shape index (κ3) is 2.82. The lowest BCUT2D eigenvalue weighted by molar-refractivity contribution is 0.289. The SMILES string of the molecule is OCCCNC(=S)N[C@@H]1C[C@H]2CC[C@H]1C2. The maximum Gasteiger partial charge on any atom is 0.166 e. The van der Waals surface area contributed by atoms with Crippen molar-refractivity contribution in [1.29, 1.82) is 0 Å². The van der Waals surface area contributed by atoms with Gasteiger partial charge in [-0.15, -0.1) is 0 Å². The molecule has 4 heteroatoms. The minimum atomic E-state index is 0.226. The summed E-state index contributed by atoms with van der Waals surface area (Å²) in [5.74, 6) is 1.81. The van der Waals surface area contributed by atoms with E-state index in [1.807, 2.05) is 0 Å². The third-order valence-corrected chi connectivity index (χ3v) is 3.94. The normalized spacial score (nSPS) is 33.0. The Morgan fingerprint density at radius 2 is 2.20 bits per heavy atom. The van der Waals surface area contributed by atoms with Crippen molar-refractivity contribution in [3.8, 4) is 0 Å². The molecule has 0 aromatic rings. The molecule has 0 amide bonds. The molecule has 0 unspecified atom stereocenters. The second kappa shape index (κ2) is 5.12. The standard InChI is InChI=1S/C11H20N2OS/c14-5-1-4-12-11(15)13-10-7-8-2-3-9(10)6-8/h8-10,14H,1-7H2,(H2,12,13,15)/t8-,9-,10+/m0/s1. The molecule has 0 aromatic heterocycles. The van der Waals surface area contributed by atoms with Gasteiger partial charge in [-0.3, -0.25) is 0 Å². The molecule has 2 rings (SSSR count). The minimum absolute atomic E-state index is 0.226. The number of hydrogen-bond acceptors (Lipinski definition) is 2. The van der Waals surface area contributed by atoms with Crippen LogP contribution in [-0.2, 0) is 0 Å². The molecule has 2 bridgehead atoms. The van der Waals surface area contributed by atoms with E-state index in [-0.39, 0.29) is 6.61 Å². The predicted molar refractivity (Wildman–Crippen MR) is 64.7 cm³/mol. The molecule has 2 saturated carbocycles. The summed E-state index contributed by atoms with van der Waals surface area (Å²) in [5, 5.41) is 15.9. The zero-order valence-corrected chi connectivity index (χ0v) is 9.85. The predicted octanol–water partition coefficient (Wildman–Crippen LogP) is 1.02. The quantitative estimate of drug-likeness (QED) is 0.496. The highest BCUT2D eigenvalue weighted by molar-refractivity contribution is 7.80. The van der Waals surface area contributed by atoms with Crippen molar-refractivity contribution in [2.24, 2.45) is 11.8 Å². The topological polar surface area (TPSA) is 44.3 Å². The van der Waals surface area contributed by atoms with Crippen molar-refractivity contribution in [3.63, 3.8) is 0 Å². The first-order valence-corrected chi connectivity index (χ1v) is 6.35. The van der Waals surface area contributed by atoms with E-state index in [1.54, 1.807) is 0 Å². The summed E-state index contributed by atoms with van der Waals surface area (Å²) in [6.45, 7) is 0.993. The summed E-state index contributed by atoms with van der Waals surface area (Å²) in [5.41, 5.74) is 0. The fourth-order valence-electron chi connectivity index (χ4n) is 2.92. The number of hydrogen-bond donors (Lipinski definition) is 3. The van der Waals surface area contributed by atoms with Crippen LogP contribution in [0.3, 0.4) is 0 Å². The Balaban J connectivity index is 1.66. The number of fused-ring (bicyclic) bond motifs is 2. The van der Waals surface area contributed by atoms with Crippen LogP contribution in [-0.4, -0.2) is 29.4 Å². The highest BCUT2D eigenvalue weighted by Crippen LogP contribution is 2.44. The van der Waals surface area contributed by atoms with Crippen LogP contribution in [0.1, 0.15) is 32.1 Å². The van der Waals surface area contributed by atoms with E-state index in [1.165, 1.54) is 25.7 Å². The Kier molecular flexibility index (Phi) is 3.81. The maximum atomic E-state index is 8.65. The average Bonchev–Trinajstić information content (AvgIpc) is 2.79. The molecule has 0 aliphatic heterocycles. The van der Waals surface area contributed by atoms with Gasteiger partial charge in [0.2, 0.25) is 0 Å². The first kappa shape index (κ1) is 11.1. The molecule has 2 aliphatic carbocycles. The molecule has 0 saturated heterocycles. The molecule has 3 N–H and O–H groups in total. The monoisotopic (exact) mass is 228 g/mol. The maximum absolute atomic E-state index is 8.65. The molecule has 3 nitrogen and oxygen atoms in total. The third-order valence-electron chi connectivity index (χ3n) is 3.68. The largest absolute Gasteiger partial charge is 0.396 e. The van der Waals surface area contributed by atoms with Gasteiger partial charge in [0.25, 0.3) is 0 Å². The molecule has 2 aliphatic rings. The lowest BCUT2D eigenvalue weighted by atomic mass is 9.96. The Bertz CT molecular complexity index is 235. The van der Waals surface area contributed by atoms with Gasteiger partial charge in [-0.25, -0.2) is 0 Å². The van der Waals surface area contributed by atoms with Crippen molar-refractivity contribution < 1.29 is 5.11 Å². The summed E-state index contributed by atoms with van der Waals surface area (Å²) >= 11 is 5.22. The van der Waals surface area contributed by atoms with E-state index in [9.17, 15) is 0 Å². The van der Waals surface area contributed by atoms with Crippen LogP contribution in [0.2, 0.25) is 0 Å². The first-order valence-electron chi connectivity index (χ1n) is 5.95. The van der Waals surface area contributed by atoms with Crippen LogP contribution in [0.5, 0.6) is 0 Å². The van der Waals surface area contributed by atoms with Crippen molar-refractivity contribution in [2.45, 2.75) is 38.1 Å². The smallest absolute Gasteiger partial charge is 0.166 e. The Morgan fingerprint density at radius 1 is 1.33 bits per heavy atom. The Hall–Kier alpha value is -0.350. The van der Waals surface area contributed by atoms with E-state index in [4.69, 9.17) is 17.3 Å². The molecule has 2 fully saturated rings. The van der Waals surface area contributed by atoms with Crippen LogP contribution >= 0.6 is 12.2 Å². The number of aliphatic hydroxyl groups is 1. The fraction of sp³-hybridized carbons (Fsp3) is 0.909.